The van der Waals surface area contributed by atoms with Gasteiger partial charge in [-0.1, -0.05) is 32.1 Å². The maximum absolute atomic E-state index is 11.1. The molecular weight excluding hydrogens is 280 g/mol. The van der Waals surface area contributed by atoms with Gasteiger partial charge in [0.25, 0.3) is 0 Å². The molecule has 118 valence electrons. The number of nitrogens with one attached hydrogen (secondary N) is 1. The van der Waals surface area contributed by atoms with Crippen LogP contribution in [0, 0.1) is 11.8 Å². The molecule has 0 radical (unpaired) electrons. The van der Waals surface area contributed by atoms with Crippen LogP contribution in [0.1, 0.15) is 57.8 Å². The highest BCUT2D eigenvalue weighted by molar-refractivity contribution is 8.03. The maximum Gasteiger partial charge on any atom is 0.0973 e. The van der Waals surface area contributed by atoms with Crippen molar-refractivity contribution in [2.45, 2.75) is 69.3 Å². The highest BCUT2D eigenvalue weighted by Crippen LogP contribution is 2.50. The Hall–Kier alpha value is -0.190. The Morgan fingerprint density at radius 1 is 1.05 bits per heavy atom. The molecule has 4 heteroatoms. The summed E-state index contributed by atoms with van der Waals surface area (Å²) in [4.78, 5) is 4.05. The second kappa shape index (κ2) is 6.13. The van der Waals surface area contributed by atoms with Crippen molar-refractivity contribution < 1.29 is 5.11 Å². The molecule has 4 aliphatic rings. The minimum Gasteiger partial charge on any atom is -0.387 e. The van der Waals surface area contributed by atoms with Gasteiger partial charge in [-0.2, -0.15) is 0 Å². The van der Waals surface area contributed by atoms with Crippen molar-refractivity contribution in [3.8, 4) is 0 Å². The molecule has 0 unspecified atom stereocenters. The molecule has 0 aromatic carbocycles. The molecule has 3 fully saturated rings. The molecule has 4 rings (SSSR count). The van der Waals surface area contributed by atoms with Crippen molar-refractivity contribution in [1.82, 2.24) is 10.2 Å². The Labute approximate surface area is 132 Å². The molecule has 0 spiro atoms. The summed E-state index contributed by atoms with van der Waals surface area (Å²) in [6, 6.07) is 0. The molecule has 2 aliphatic heterocycles. The van der Waals surface area contributed by atoms with Gasteiger partial charge >= 0.3 is 0 Å². The number of allylic oxidation sites excluding steroid dienone is 1. The quantitative estimate of drug-likeness (QED) is 0.839. The van der Waals surface area contributed by atoms with E-state index < -0.39 is 0 Å². The Bertz CT molecular complexity index is 413. The number of hydrogen-bond acceptors (Lipinski definition) is 4. The highest BCUT2D eigenvalue weighted by atomic mass is 32.2. The van der Waals surface area contributed by atoms with Gasteiger partial charge in [0.1, 0.15) is 0 Å². The van der Waals surface area contributed by atoms with E-state index in [4.69, 9.17) is 0 Å². The van der Waals surface area contributed by atoms with Crippen LogP contribution in [0.3, 0.4) is 0 Å². The normalized spacial score (nSPS) is 33.0. The Morgan fingerprint density at radius 2 is 1.76 bits per heavy atom. The first kappa shape index (κ1) is 14.4. The van der Waals surface area contributed by atoms with Gasteiger partial charge < -0.3 is 10.0 Å². The standard InChI is InChI=1S/C17H28N2OS/c20-16(12-6-2-1-3-7-12)15-17(13-8-4-5-9-13)21-14-10-18-11-19(14)15/h12-14,16,18,20H,1-11H2/t14-,16+/m1/s1. The molecule has 21 heavy (non-hydrogen) atoms. The van der Waals surface area contributed by atoms with Crippen LogP contribution in [-0.4, -0.2) is 34.7 Å². The van der Waals surface area contributed by atoms with Crippen LogP contribution >= 0.6 is 11.8 Å². The minimum absolute atomic E-state index is 0.210. The second-order valence-corrected chi connectivity index (χ2v) is 8.45. The van der Waals surface area contributed by atoms with Crippen molar-refractivity contribution >= 4 is 11.8 Å². The molecule has 2 atom stereocenters. The first-order valence-corrected chi connectivity index (χ1v) is 9.78. The Morgan fingerprint density at radius 3 is 2.52 bits per heavy atom. The SMILES string of the molecule is O[C@H](C1=C(C2CCCC2)S[C@@H]2CNCN12)C1CCCCC1. The van der Waals surface area contributed by atoms with Crippen LogP contribution in [-0.2, 0) is 0 Å². The topological polar surface area (TPSA) is 35.5 Å². The molecule has 2 saturated carbocycles. The first-order chi connectivity index (χ1) is 10.3. The number of thioether (sulfide) groups is 1. The van der Waals surface area contributed by atoms with Crippen LogP contribution < -0.4 is 5.32 Å². The molecule has 3 nitrogen and oxygen atoms in total. The van der Waals surface area contributed by atoms with E-state index >= 15 is 0 Å². The van der Waals surface area contributed by atoms with Crippen LogP contribution in [0.2, 0.25) is 0 Å². The molecule has 2 aliphatic carbocycles. The summed E-state index contributed by atoms with van der Waals surface area (Å²) < 4.78 is 0. The van der Waals surface area contributed by atoms with Gasteiger partial charge in [-0.05, 0) is 37.5 Å². The average Bonchev–Trinajstić information content (AvgIpc) is 3.23. The molecule has 0 aromatic rings. The smallest absolute Gasteiger partial charge is 0.0973 e. The molecular formula is C17H28N2OS. The third-order valence-corrected chi connectivity index (χ3v) is 7.37. The van der Waals surface area contributed by atoms with E-state index in [1.54, 1.807) is 4.91 Å². The highest BCUT2D eigenvalue weighted by Gasteiger charge is 2.43. The lowest BCUT2D eigenvalue weighted by Gasteiger charge is -2.32. The number of aliphatic hydroxyl groups is 1. The van der Waals surface area contributed by atoms with Crippen molar-refractivity contribution in [3.05, 3.63) is 10.6 Å². The summed E-state index contributed by atoms with van der Waals surface area (Å²) in [5.41, 5.74) is 1.33. The Kier molecular flexibility index (Phi) is 4.21. The van der Waals surface area contributed by atoms with E-state index in [0.29, 0.717) is 11.3 Å². The maximum atomic E-state index is 11.1. The van der Waals surface area contributed by atoms with Gasteiger partial charge in [-0.15, -0.1) is 11.8 Å². The van der Waals surface area contributed by atoms with Gasteiger partial charge in [-0.25, -0.2) is 0 Å². The fourth-order valence-corrected chi connectivity index (χ4v) is 6.29. The zero-order valence-corrected chi connectivity index (χ0v) is 13.7. The van der Waals surface area contributed by atoms with Crippen LogP contribution in [0.5, 0.6) is 0 Å². The van der Waals surface area contributed by atoms with Crippen molar-refractivity contribution in [2.75, 3.05) is 13.2 Å². The zero-order chi connectivity index (χ0) is 14.2. The van der Waals surface area contributed by atoms with Crippen LogP contribution in [0.4, 0.5) is 0 Å². The number of nitrogens with zero attached hydrogens (tertiary/aromatic N) is 1. The average molecular weight is 308 g/mol. The molecule has 2 N–H and O–H groups in total. The molecule has 0 bridgehead atoms. The third kappa shape index (κ3) is 2.64. The monoisotopic (exact) mass is 308 g/mol. The lowest BCUT2D eigenvalue weighted by atomic mass is 9.83. The molecule has 1 saturated heterocycles. The molecule has 2 heterocycles. The van der Waals surface area contributed by atoms with Gasteiger partial charge in [0, 0.05) is 11.4 Å². The van der Waals surface area contributed by atoms with E-state index in [-0.39, 0.29) is 6.10 Å². The van der Waals surface area contributed by atoms with Crippen molar-refractivity contribution in [3.63, 3.8) is 0 Å². The van der Waals surface area contributed by atoms with E-state index in [0.717, 1.165) is 19.1 Å². The largest absolute Gasteiger partial charge is 0.387 e. The van der Waals surface area contributed by atoms with E-state index in [1.165, 1.54) is 63.5 Å². The van der Waals surface area contributed by atoms with Gasteiger partial charge in [0.15, 0.2) is 0 Å². The molecule has 0 aromatic heterocycles. The number of rotatable bonds is 3. The lowest BCUT2D eigenvalue weighted by Crippen LogP contribution is -2.35. The summed E-state index contributed by atoms with van der Waals surface area (Å²) in [5, 5.41) is 15.1. The molecule has 0 amide bonds. The summed E-state index contributed by atoms with van der Waals surface area (Å²) in [6.07, 6.45) is 11.7. The zero-order valence-electron chi connectivity index (χ0n) is 12.9. The van der Waals surface area contributed by atoms with Gasteiger partial charge in [0.05, 0.1) is 23.8 Å². The van der Waals surface area contributed by atoms with Gasteiger partial charge in [0.2, 0.25) is 0 Å². The fourth-order valence-electron chi connectivity index (χ4n) is 4.70. The van der Waals surface area contributed by atoms with Crippen molar-refractivity contribution in [2.24, 2.45) is 11.8 Å². The van der Waals surface area contributed by atoms with Crippen LogP contribution in [0.15, 0.2) is 10.6 Å². The van der Waals surface area contributed by atoms with E-state index in [9.17, 15) is 5.11 Å². The van der Waals surface area contributed by atoms with Gasteiger partial charge in [-0.3, -0.25) is 5.32 Å². The summed E-state index contributed by atoms with van der Waals surface area (Å²) >= 11 is 2.06. The summed E-state index contributed by atoms with van der Waals surface area (Å²) in [5.74, 6) is 1.25. The minimum atomic E-state index is -0.210. The van der Waals surface area contributed by atoms with Crippen molar-refractivity contribution in [1.29, 1.82) is 0 Å². The number of hydrogen-bond donors (Lipinski definition) is 2. The third-order valence-electron chi connectivity index (χ3n) is 5.88. The second-order valence-electron chi connectivity index (χ2n) is 7.23. The predicted molar refractivity (Wildman–Crippen MR) is 87.7 cm³/mol. The first-order valence-electron chi connectivity index (χ1n) is 8.91. The van der Waals surface area contributed by atoms with E-state index in [2.05, 4.69) is 22.0 Å². The summed E-state index contributed by atoms with van der Waals surface area (Å²) in [7, 11) is 0. The Balaban J connectivity index is 1.60. The van der Waals surface area contributed by atoms with E-state index in [1.807, 2.05) is 0 Å². The predicted octanol–water partition coefficient (Wildman–Crippen LogP) is 3.27. The lowest BCUT2D eigenvalue weighted by molar-refractivity contribution is 0.0882. The summed E-state index contributed by atoms with van der Waals surface area (Å²) in [6.45, 7) is 2.01. The van der Waals surface area contributed by atoms with Crippen LogP contribution in [0.25, 0.3) is 0 Å². The number of fused-ring (bicyclic) bond motifs is 1. The number of aliphatic hydroxyl groups excluding tert-OH is 1. The fraction of sp³-hybridized carbons (Fsp3) is 0.882.